The molecule has 0 radical (unpaired) electrons. The minimum atomic E-state index is -3.64. The molecule has 3 rings (SSSR count). The fourth-order valence-corrected chi connectivity index (χ4v) is 4.45. The van der Waals surface area contributed by atoms with Gasteiger partial charge in [-0.2, -0.15) is 4.31 Å². The molecule has 9 heteroatoms. The summed E-state index contributed by atoms with van der Waals surface area (Å²) in [6, 6.07) is 11.3. The van der Waals surface area contributed by atoms with Gasteiger partial charge >= 0.3 is 0 Å². The van der Waals surface area contributed by atoms with E-state index in [1.807, 2.05) is 0 Å². The van der Waals surface area contributed by atoms with Gasteiger partial charge in [0.1, 0.15) is 5.82 Å². The topological polar surface area (TPSA) is 95.6 Å². The van der Waals surface area contributed by atoms with Crippen LogP contribution in [0, 0.1) is 5.82 Å². The first kappa shape index (κ1) is 20.7. The van der Waals surface area contributed by atoms with Crippen molar-refractivity contribution in [3.05, 3.63) is 71.6 Å². The lowest BCUT2D eigenvalue weighted by molar-refractivity contribution is -0.117. The average molecular weight is 417 g/mol. The molecule has 1 fully saturated rings. The maximum Gasteiger partial charge on any atom is 0.269 e. The van der Waals surface area contributed by atoms with E-state index in [9.17, 15) is 22.4 Å². The summed E-state index contributed by atoms with van der Waals surface area (Å²) in [5.41, 5.74) is 5.01. The zero-order valence-corrected chi connectivity index (χ0v) is 16.3. The van der Waals surface area contributed by atoms with Crippen LogP contribution in [0.15, 0.2) is 59.5 Å². The number of benzene rings is 2. The summed E-state index contributed by atoms with van der Waals surface area (Å²) in [6.45, 7) is 0.929. The molecular formula is C20H20FN3O4S. The molecule has 0 bridgehead atoms. The summed E-state index contributed by atoms with van der Waals surface area (Å²) >= 11 is 0. The third kappa shape index (κ3) is 5.27. The molecule has 2 N–H and O–H groups in total. The summed E-state index contributed by atoms with van der Waals surface area (Å²) in [5, 5.41) is 0. The first-order valence-electron chi connectivity index (χ1n) is 9.00. The van der Waals surface area contributed by atoms with Crippen LogP contribution in [0.5, 0.6) is 0 Å². The van der Waals surface area contributed by atoms with Gasteiger partial charge < -0.3 is 0 Å². The third-order valence-electron chi connectivity index (χ3n) is 4.37. The molecule has 1 aliphatic heterocycles. The van der Waals surface area contributed by atoms with Crippen LogP contribution >= 0.6 is 0 Å². The lowest BCUT2D eigenvalue weighted by atomic mass is 10.2. The Morgan fingerprint density at radius 2 is 1.72 bits per heavy atom. The van der Waals surface area contributed by atoms with Gasteiger partial charge in [-0.15, -0.1) is 0 Å². The van der Waals surface area contributed by atoms with Gasteiger partial charge in [-0.05, 0) is 54.8 Å². The Kier molecular flexibility index (Phi) is 6.40. The van der Waals surface area contributed by atoms with E-state index in [1.54, 1.807) is 6.07 Å². The van der Waals surface area contributed by atoms with E-state index < -0.39 is 27.7 Å². The quantitative estimate of drug-likeness (QED) is 0.575. The van der Waals surface area contributed by atoms with Crippen molar-refractivity contribution >= 4 is 27.9 Å². The van der Waals surface area contributed by atoms with E-state index in [4.69, 9.17) is 0 Å². The summed E-state index contributed by atoms with van der Waals surface area (Å²) < 4.78 is 39.7. The average Bonchev–Trinajstić information content (AvgIpc) is 3.26. The normalized spacial score (nSPS) is 14.8. The molecule has 2 aromatic carbocycles. The van der Waals surface area contributed by atoms with Crippen LogP contribution in [0.2, 0.25) is 0 Å². The van der Waals surface area contributed by atoms with Crippen LogP contribution in [0.1, 0.15) is 28.8 Å². The number of carbonyl (C=O) groups excluding carboxylic acids is 2. The Morgan fingerprint density at radius 1 is 1.00 bits per heavy atom. The van der Waals surface area contributed by atoms with Gasteiger partial charge in [0, 0.05) is 24.7 Å². The summed E-state index contributed by atoms with van der Waals surface area (Å²) in [5.74, 6) is -1.70. The van der Waals surface area contributed by atoms with Crippen molar-refractivity contribution in [1.29, 1.82) is 0 Å². The molecule has 0 saturated carbocycles. The molecule has 29 heavy (non-hydrogen) atoms. The van der Waals surface area contributed by atoms with Crippen molar-refractivity contribution in [3.8, 4) is 0 Å². The van der Waals surface area contributed by atoms with Crippen molar-refractivity contribution in [2.75, 3.05) is 13.1 Å². The molecule has 0 atom stereocenters. The first-order valence-corrected chi connectivity index (χ1v) is 10.4. The molecule has 0 aromatic heterocycles. The van der Waals surface area contributed by atoms with Crippen molar-refractivity contribution in [2.45, 2.75) is 17.7 Å². The minimum Gasteiger partial charge on any atom is -0.268 e. The predicted octanol–water partition coefficient (Wildman–Crippen LogP) is 2.08. The Balaban J connectivity index is 1.61. The van der Waals surface area contributed by atoms with Crippen molar-refractivity contribution < 1.29 is 22.4 Å². The number of carbonyl (C=O) groups is 2. The molecule has 0 aliphatic carbocycles. The van der Waals surface area contributed by atoms with Gasteiger partial charge in [-0.25, -0.2) is 12.8 Å². The minimum absolute atomic E-state index is 0.0318. The highest BCUT2D eigenvalue weighted by Crippen LogP contribution is 2.21. The highest BCUT2D eigenvalue weighted by molar-refractivity contribution is 7.89. The van der Waals surface area contributed by atoms with Gasteiger partial charge in [-0.1, -0.05) is 18.2 Å². The van der Waals surface area contributed by atoms with Gasteiger partial charge in [0.05, 0.1) is 4.90 Å². The molecular weight excluding hydrogens is 397 g/mol. The van der Waals surface area contributed by atoms with Crippen LogP contribution in [0.25, 0.3) is 6.08 Å². The van der Waals surface area contributed by atoms with Crippen molar-refractivity contribution in [1.82, 2.24) is 15.2 Å². The summed E-state index contributed by atoms with van der Waals surface area (Å²) in [7, 11) is -3.64. The highest BCUT2D eigenvalue weighted by Gasteiger charge is 2.27. The number of hydrogen-bond donors (Lipinski definition) is 2. The maximum absolute atomic E-state index is 13.1. The smallest absolute Gasteiger partial charge is 0.268 e. The SMILES string of the molecule is O=C(/C=C/c1cccc(F)c1)NNC(=O)c1cccc(S(=O)(=O)N2CCCC2)c1. The molecule has 0 unspecified atom stereocenters. The summed E-state index contributed by atoms with van der Waals surface area (Å²) in [4.78, 5) is 24.1. The lowest BCUT2D eigenvalue weighted by Crippen LogP contribution is -2.40. The van der Waals surface area contributed by atoms with E-state index >= 15 is 0 Å². The third-order valence-corrected chi connectivity index (χ3v) is 6.27. The second-order valence-corrected chi connectivity index (χ2v) is 8.41. The Morgan fingerprint density at radius 3 is 2.45 bits per heavy atom. The van der Waals surface area contributed by atoms with Crippen molar-refractivity contribution in [3.63, 3.8) is 0 Å². The molecule has 1 saturated heterocycles. The molecule has 1 heterocycles. The number of hydrazine groups is 1. The first-order chi connectivity index (χ1) is 13.9. The number of halogens is 1. The number of amides is 2. The largest absolute Gasteiger partial charge is 0.269 e. The molecule has 7 nitrogen and oxygen atoms in total. The number of nitrogens with zero attached hydrogens (tertiary/aromatic N) is 1. The molecule has 152 valence electrons. The van der Waals surface area contributed by atoms with Crippen LogP contribution in [-0.4, -0.2) is 37.6 Å². The number of hydrogen-bond acceptors (Lipinski definition) is 4. The van der Waals surface area contributed by atoms with Gasteiger partial charge in [-0.3, -0.25) is 20.4 Å². The van der Waals surface area contributed by atoms with Crippen molar-refractivity contribution in [2.24, 2.45) is 0 Å². The van der Waals surface area contributed by atoms with Crippen LogP contribution in [0.3, 0.4) is 0 Å². The summed E-state index contributed by atoms with van der Waals surface area (Å²) in [6.07, 6.45) is 4.17. The van der Waals surface area contributed by atoms with Crippen LogP contribution < -0.4 is 10.9 Å². The van der Waals surface area contributed by atoms with Crippen LogP contribution in [-0.2, 0) is 14.8 Å². The molecule has 1 aliphatic rings. The lowest BCUT2D eigenvalue weighted by Gasteiger charge is -2.16. The van der Waals surface area contributed by atoms with Crippen LogP contribution in [0.4, 0.5) is 4.39 Å². The second kappa shape index (κ2) is 8.97. The standard InChI is InChI=1S/C20H20FN3O4S/c21-17-7-3-5-15(13-17)9-10-19(25)22-23-20(26)16-6-4-8-18(14-16)29(27,28)24-11-1-2-12-24/h3-10,13-14H,1-2,11-12H2,(H,22,25)(H,23,26)/b10-9+. The van der Waals surface area contributed by atoms with Gasteiger partial charge in [0.25, 0.3) is 11.8 Å². The van der Waals surface area contributed by atoms with E-state index in [0.29, 0.717) is 18.7 Å². The predicted molar refractivity (Wildman–Crippen MR) is 105 cm³/mol. The fraction of sp³-hybridized carbons (Fsp3) is 0.200. The molecule has 0 spiro atoms. The Bertz CT molecular complexity index is 1050. The number of sulfonamides is 1. The molecule has 2 amide bonds. The Labute approximate surface area is 168 Å². The highest BCUT2D eigenvalue weighted by atomic mass is 32.2. The Hall–Kier alpha value is -3.04. The second-order valence-electron chi connectivity index (χ2n) is 6.47. The van der Waals surface area contributed by atoms with E-state index in [2.05, 4.69) is 10.9 Å². The zero-order valence-electron chi connectivity index (χ0n) is 15.5. The zero-order chi connectivity index (χ0) is 20.9. The van der Waals surface area contributed by atoms with E-state index in [1.165, 1.54) is 52.8 Å². The van der Waals surface area contributed by atoms with E-state index in [-0.39, 0.29) is 10.5 Å². The maximum atomic E-state index is 13.1. The van der Waals surface area contributed by atoms with E-state index in [0.717, 1.165) is 18.9 Å². The molecule has 2 aromatic rings. The van der Waals surface area contributed by atoms with Gasteiger partial charge in [0.15, 0.2) is 0 Å². The monoisotopic (exact) mass is 417 g/mol. The number of rotatable bonds is 5. The van der Waals surface area contributed by atoms with Gasteiger partial charge in [0.2, 0.25) is 10.0 Å². The fourth-order valence-electron chi connectivity index (χ4n) is 2.89. The number of nitrogens with one attached hydrogen (secondary N) is 2.